The molecule has 0 unspecified atom stereocenters. The van der Waals surface area contributed by atoms with Crippen LogP contribution in [0.15, 0.2) is 53.5 Å². The molecule has 0 saturated heterocycles. The van der Waals surface area contributed by atoms with Gasteiger partial charge in [-0.2, -0.15) is 8.78 Å². The van der Waals surface area contributed by atoms with E-state index in [4.69, 9.17) is 20.6 Å². The first kappa shape index (κ1) is 32.5. The number of carbonyl (C=O) groups excluding carboxylic acids is 3. The molecule has 2 atom stereocenters. The van der Waals surface area contributed by atoms with Crippen LogP contribution in [0.1, 0.15) is 31.0 Å². The van der Waals surface area contributed by atoms with Crippen LogP contribution in [0.3, 0.4) is 0 Å². The van der Waals surface area contributed by atoms with Gasteiger partial charge in [0.2, 0.25) is 5.91 Å². The van der Waals surface area contributed by atoms with Gasteiger partial charge in [0.05, 0.1) is 23.8 Å². The molecule has 242 valence electrons. The Labute approximate surface area is 259 Å². The molecule has 3 aliphatic rings. The summed E-state index contributed by atoms with van der Waals surface area (Å²) >= 11 is 0. The normalized spacial score (nSPS) is 21.2. The number of hydrogen-bond donors (Lipinski definition) is 4. The lowest BCUT2D eigenvalue weighted by atomic mass is 9.76. The van der Waals surface area contributed by atoms with E-state index >= 15 is 4.39 Å². The molecule has 10 nitrogen and oxygen atoms in total. The maximum atomic E-state index is 15.1. The maximum Gasteiger partial charge on any atom is 0.382 e. The molecule has 2 aromatic rings. The number of alkyl halides is 2. The molecular weight excluding hydrogens is 617 g/mol. The van der Waals surface area contributed by atoms with Gasteiger partial charge in [-0.05, 0) is 50.0 Å². The summed E-state index contributed by atoms with van der Waals surface area (Å²) in [6.45, 7) is -1.96. The summed E-state index contributed by atoms with van der Waals surface area (Å²) in [6.07, 6.45) is 5.09. The molecule has 6 N–H and O–H groups in total. The minimum atomic E-state index is -2.80. The predicted molar refractivity (Wildman–Crippen MR) is 152 cm³/mol. The van der Waals surface area contributed by atoms with Crippen molar-refractivity contribution in [1.29, 1.82) is 5.41 Å². The van der Waals surface area contributed by atoms with E-state index in [2.05, 4.69) is 10.3 Å². The zero-order valence-corrected chi connectivity index (χ0v) is 24.6. The van der Waals surface area contributed by atoms with Crippen LogP contribution < -0.4 is 21.1 Å². The molecule has 1 aliphatic heterocycles. The van der Waals surface area contributed by atoms with Crippen molar-refractivity contribution in [2.45, 2.75) is 37.1 Å². The van der Waals surface area contributed by atoms with Crippen molar-refractivity contribution in [3.05, 3.63) is 82.2 Å². The lowest BCUT2D eigenvalue weighted by Crippen LogP contribution is -2.82. The number of quaternary nitrogens is 1. The molecule has 1 aromatic carbocycles. The highest BCUT2D eigenvalue weighted by Gasteiger charge is 2.51. The molecule has 0 bridgehead atoms. The predicted octanol–water partition coefficient (Wildman–Crippen LogP) is 2.42. The van der Waals surface area contributed by atoms with Gasteiger partial charge in [0.15, 0.2) is 11.6 Å². The number of aldehydes is 1. The number of rotatable bonds is 11. The van der Waals surface area contributed by atoms with Crippen LogP contribution in [0.5, 0.6) is 5.75 Å². The van der Waals surface area contributed by atoms with E-state index in [-0.39, 0.29) is 64.4 Å². The van der Waals surface area contributed by atoms with Crippen molar-refractivity contribution in [3.8, 4) is 17.0 Å². The Morgan fingerprint density at radius 2 is 1.91 bits per heavy atom. The Morgan fingerprint density at radius 1 is 1.22 bits per heavy atom. The number of primary amides is 1. The highest BCUT2D eigenvalue weighted by atomic mass is 19.3. The lowest BCUT2D eigenvalue weighted by molar-refractivity contribution is -0.681. The fourth-order valence-electron chi connectivity index (χ4n) is 5.52. The highest BCUT2D eigenvalue weighted by Crippen LogP contribution is 2.50. The molecule has 5 rings (SSSR count). The van der Waals surface area contributed by atoms with E-state index in [9.17, 15) is 31.9 Å². The second-order valence-electron chi connectivity index (χ2n) is 11.4. The summed E-state index contributed by atoms with van der Waals surface area (Å²) in [5.74, 6) is -6.06. The fourth-order valence-corrected chi connectivity index (χ4v) is 5.52. The monoisotopic (exact) mass is 646 g/mol. The SMILES string of the molecule is COC1=CC(C(=O)NC[C@](C=O)(c2cc3c(c(-c4cc(F)c(F)cc4F)n2)OC[C@]3(C)C(N)=O)C2CC2)=C/C(=C/[NH2+]C(F)F)C1=N. The van der Waals surface area contributed by atoms with E-state index in [1.807, 2.05) is 0 Å². The number of fused-ring (bicyclic) bond motifs is 1. The van der Waals surface area contributed by atoms with Gasteiger partial charge in [0.1, 0.15) is 53.2 Å². The summed E-state index contributed by atoms with van der Waals surface area (Å²) in [6, 6.07) is 2.34. The van der Waals surface area contributed by atoms with E-state index in [0.29, 0.717) is 36.6 Å². The first-order valence-electron chi connectivity index (χ1n) is 14.0. The molecular formula is C31H29F5N5O5+. The van der Waals surface area contributed by atoms with E-state index in [1.165, 1.54) is 32.3 Å². The molecule has 1 aromatic heterocycles. The smallest absolute Gasteiger partial charge is 0.382 e. The Morgan fingerprint density at radius 3 is 2.52 bits per heavy atom. The Kier molecular flexibility index (Phi) is 8.55. The average molecular weight is 647 g/mol. The van der Waals surface area contributed by atoms with E-state index in [1.54, 1.807) is 0 Å². The maximum absolute atomic E-state index is 15.1. The van der Waals surface area contributed by atoms with Gasteiger partial charge in [-0.1, -0.05) is 0 Å². The lowest BCUT2D eigenvalue weighted by Gasteiger charge is -2.30. The number of nitrogens with one attached hydrogen (secondary N) is 2. The summed E-state index contributed by atoms with van der Waals surface area (Å²) in [5, 5.41) is 11.4. The highest BCUT2D eigenvalue weighted by molar-refractivity contribution is 6.15. The van der Waals surface area contributed by atoms with Gasteiger partial charge in [0, 0.05) is 29.3 Å². The van der Waals surface area contributed by atoms with Crippen molar-refractivity contribution in [3.63, 3.8) is 0 Å². The van der Waals surface area contributed by atoms with E-state index in [0.717, 1.165) is 6.20 Å². The van der Waals surface area contributed by atoms with Gasteiger partial charge in [0.25, 0.3) is 5.91 Å². The fraction of sp³-hybridized carbons (Fsp3) is 0.323. The van der Waals surface area contributed by atoms with Gasteiger partial charge < -0.3 is 25.3 Å². The van der Waals surface area contributed by atoms with Crippen LogP contribution in [-0.4, -0.2) is 55.6 Å². The second-order valence-corrected chi connectivity index (χ2v) is 11.4. The van der Waals surface area contributed by atoms with Crippen molar-refractivity contribution in [2.24, 2.45) is 11.7 Å². The molecule has 15 heteroatoms. The first-order chi connectivity index (χ1) is 21.7. The van der Waals surface area contributed by atoms with Crippen molar-refractivity contribution in [1.82, 2.24) is 10.3 Å². The van der Waals surface area contributed by atoms with E-state index < -0.39 is 52.2 Å². The number of halogens is 5. The molecule has 0 radical (unpaired) electrons. The zero-order chi connectivity index (χ0) is 33.6. The summed E-state index contributed by atoms with van der Waals surface area (Å²) in [4.78, 5) is 43.5. The van der Waals surface area contributed by atoms with Crippen LogP contribution in [0.25, 0.3) is 11.3 Å². The number of aromatic nitrogens is 1. The van der Waals surface area contributed by atoms with Gasteiger partial charge in [-0.25, -0.2) is 18.2 Å². The third kappa shape index (κ3) is 5.66. The number of methoxy groups -OCH3 is 1. The number of hydrogen-bond acceptors (Lipinski definition) is 7. The molecule has 2 heterocycles. The van der Waals surface area contributed by atoms with Crippen LogP contribution in [0, 0.1) is 28.8 Å². The zero-order valence-electron chi connectivity index (χ0n) is 24.6. The van der Waals surface area contributed by atoms with Gasteiger partial charge >= 0.3 is 6.55 Å². The number of nitrogens with two attached hydrogens (primary N) is 2. The summed E-state index contributed by atoms with van der Waals surface area (Å²) in [5.41, 5.74) is 1.76. The average Bonchev–Trinajstić information content (AvgIpc) is 3.81. The van der Waals surface area contributed by atoms with Crippen molar-refractivity contribution in [2.75, 3.05) is 20.3 Å². The Balaban J connectivity index is 1.59. The third-order valence-electron chi connectivity index (χ3n) is 8.45. The number of benzene rings is 1. The number of nitrogens with zero attached hydrogens (tertiary/aromatic N) is 1. The topological polar surface area (TPSA) is 161 Å². The standard InChI is InChI=1S/C31H28F5N5O5/c1-30(28(38)44)13-46-26-18(30)8-23(41-25(26)17-7-20(33)21(34)9-19(17)32)31(12-42,16-3-4-16)11-40-27(43)14-5-15(10-39-29(35)36)24(37)22(6-14)45-2/h5-10,12,16,29,37,39H,3-4,11,13H2,1-2H3,(H2,38,44)(H,40,43)/p+1/b15-10-,37-24?/t30-,31+/m0/s1. The van der Waals surface area contributed by atoms with Crippen molar-refractivity contribution < 1.29 is 51.1 Å². The quantitative estimate of drug-likeness (QED) is 0.127. The molecule has 1 fully saturated rings. The van der Waals surface area contributed by atoms with Gasteiger partial charge in [-0.15, -0.1) is 0 Å². The first-order valence-corrected chi connectivity index (χ1v) is 14.0. The molecule has 0 spiro atoms. The van der Waals surface area contributed by atoms with Crippen molar-refractivity contribution >= 4 is 23.8 Å². The largest absolute Gasteiger partial charge is 0.494 e. The molecule has 46 heavy (non-hydrogen) atoms. The summed E-state index contributed by atoms with van der Waals surface area (Å²) < 4.78 is 79.7. The van der Waals surface area contributed by atoms with Gasteiger partial charge in [-0.3, -0.25) is 20.3 Å². The van der Waals surface area contributed by atoms with Crippen LogP contribution in [-0.2, 0) is 30.0 Å². The molecule has 2 amide bonds. The summed E-state index contributed by atoms with van der Waals surface area (Å²) in [7, 11) is 1.25. The second kappa shape index (κ2) is 12.1. The number of allylic oxidation sites excluding steroid dienone is 2. The number of pyridine rings is 1. The number of carbonyl (C=O) groups is 3. The minimum absolute atomic E-state index is 0.000741. The Hall–Kier alpha value is -4.92. The van der Waals surface area contributed by atoms with Crippen LogP contribution in [0.4, 0.5) is 22.0 Å². The molecule has 2 aliphatic carbocycles. The number of ether oxygens (including phenoxy) is 2. The van der Waals surface area contributed by atoms with Crippen LogP contribution >= 0.6 is 0 Å². The van der Waals surface area contributed by atoms with Crippen LogP contribution in [0.2, 0.25) is 0 Å². The third-order valence-corrected chi connectivity index (χ3v) is 8.45. The number of amides is 2. The minimum Gasteiger partial charge on any atom is -0.494 e. The molecule has 1 saturated carbocycles. The Bertz CT molecular complexity index is 1760.